The summed E-state index contributed by atoms with van der Waals surface area (Å²) < 4.78 is 0. The molecule has 13 heavy (non-hydrogen) atoms. The van der Waals surface area contributed by atoms with Gasteiger partial charge in [0.2, 0.25) is 0 Å². The van der Waals surface area contributed by atoms with Gasteiger partial charge < -0.3 is 5.73 Å². The number of allylic oxidation sites excluding steroid dienone is 1. The van der Waals surface area contributed by atoms with Crippen molar-refractivity contribution in [3.05, 3.63) is 41.6 Å². The molecule has 0 amide bonds. The Morgan fingerprint density at radius 1 is 1.46 bits per heavy atom. The lowest BCUT2D eigenvalue weighted by Gasteiger charge is -1.88. The van der Waals surface area contributed by atoms with E-state index in [-0.39, 0.29) is 0 Å². The third-order valence-corrected chi connectivity index (χ3v) is 1.69. The molecule has 0 spiro atoms. The van der Waals surface area contributed by atoms with E-state index in [0.717, 1.165) is 17.0 Å². The van der Waals surface area contributed by atoms with E-state index in [4.69, 9.17) is 5.73 Å². The van der Waals surface area contributed by atoms with Crippen molar-refractivity contribution in [1.82, 2.24) is 4.98 Å². The van der Waals surface area contributed by atoms with Crippen LogP contribution in [0.15, 0.2) is 31.0 Å². The Balaban J connectivity index is 3.19. The minimum atomic E-state index is 0.520. The first-order valence-corrected chi connectivity index (χ1v) is 4.31. The Hall–Kier alpha value is -1.41. The number of aromatic nitrogens is 1. The first kappa shape index (κ1) is 9.68. The van der Waals surface area contributed by atoms with Crippen LogP contribution in [0.5, 0.6) is 0 Å². The molecule has 0 saturated heterocycles. The zero-order valence-electron chi connectivity index (χ0n) is 7.61. The molecule has 2 heteroatoms. The Morgan fingerprint density at radius 3 is 3.00 bits per heavy atom. The van der Waals surface area contributed by atoms with Gasteiger partial charge in [0.05, 0.1) is 5.35 Å². The van der Waals surface area contributed by atoms with E-state index in [1.165, 1.54) is 0 Å². The van der Waals surface area contributed by atoms with Gasteiger partial charge in [0.15, 0.2) is 0 Å². The van der Waals surface area contributed by atoms with Gasteiger partial charge in [-0.25, -0.2) is 0 Å². The fraction of sp³-hybridized carbons (Fsp3) is 0.182. The van der Waals surface area contributed by atoms with E-state index in [0.29, 0.717) is 6.54 Å². The number of hydrogen-bond acceptors (Lipinski definition) is 2. The third kappa shape index (κ3) is 2.84. The molecule has 2 nitrogen and oxygen atoms in total. The number of hydrogen-bond donors (Lipinski definition) is 1. The quantitative estimate of drug-likeness (QED) is 0.664. The van der Waals surface area contributed by atoms with E-state index in [2.05, 4.69) is 17.6 Å². The highest BCUT2D eigenvalue weighted by molar-refractivity contribution is 5.30. The molecule has 0 aliphatic rings. The molecule has 1 aromatic heterocycles. The molecular weight excluding hydrogens is 160 g/mol. The first-order valence-electron chi connectivity index (χ1n) is 4.31. The third-order valence-electron chi connectivity index (χ3n) is 1.69. The molecule has 0 bridgehead atoms. The summed E-state index contributed by atoms with van der Waals surface area (Å²) in [5.74, 6) is 0. The molecule has 1 heterocycles. The summed E-state index contributed by atoms with van der Waals surface area (Å²) in [6.07, 6.45) is 8.49. The van der Waals surface area contributed by atoms with Crippen molar-refractivity contribution in [1.29, 1.82) is 0 Å². The lowest BCUT2D eigenvalue weighted by atomic mass is 10.2. The van der Waals surface area contributed by atoms with Crippen LogP contribution in [-0.4, -0.2) is 11.5 Å². The number of rotatable bonds is 3. The van der Waals surface area contributed by atoms with Crippen molar-refractivity contribution < 1.29 is 0 Å². The van der Waals surface area contributed by atoms with Crippen molar-refractivity contribution in [2.45, 2.75) is 6.42 Å². The maximum atomic E-state index is 5.43. The minimum Gasteiger partial charge on any atom is -0.327 e. The van der Waals surface area contributed by atoms with Crippen LogP contribution in [0.1, 0.15) is 6.42 Å². The van der Waals surface area contributed by atoms with E-state index in [9.17, 15) is 0 Å². The van der Waals surface area contributed by atoms with Gasteiger partial charge in [0, 0.05) is 12.7 Å². The molecule has 0 saturated carbocycles. The summed E-state index contributed by atoms with van der Waals surface area (Å²) in [5.41, 5.74) is 5.43. The Labute approximate surface area is 78.1 Å². The molecule has 0 aliphatic heterocycles. The van der Waals surface area contributed by atoms with Crippen molar-refractivity contribution in [2.24, 2.45) is 5.73 Å². The second-order valence-corrected chi connectivity index (χ2v) is 2.65. The summed E-state index contributed by atoms with van der Waals surface area (Å²) in [6, 6.07) is 3.95. The molecule has 0 aromatic carbocycles. The molecule has 0 atom stereocenters. The van der Waals surface area contributed by atoms with Crippen molar-refractivity contribution >= 4 is 12.2 Å². The predicted octanol–water partition coefficient (Wildman–Crippen LogP) is 0.177. The monoisotopic (exact) mass is 174 g/mol. The SMILES string of the molecule is C=CC/C=c1/cccn/c1=C/CN. The first-order chi connectivity index (χ1) is 6.38. The van der Waals surface area contributed by atoms with Crippen LogP contribution in [-0.2, 0) is 0 Å². The number of pyridine rings is 1. The second kappa shape index (κ2) is 5.27. The highest BCUT2D eigenvalue weighted by Crippen LogP contribution is 1.78. The van der Waals surface area contributed by atoms with Crippen LogP contribution < -0.4 is 16.3 Å². The maximum absolute atomic E-state index is 5.43. The lowest BCUT2D eigenvalue weighted by Crippen LogP contribution is -2.28. The average molecular weight is 174 g/mol. The Bertz CT molecular complexity index is 379. The van der Waals surface area contributed by atoms with Gasteiger partial charge in [-0.05, 0) is 23.8 Å². The minimum absolute atomic E-state index is 0.520. The fourth-order valence-electron chi connectivity index (χ4n) is 1.10. The maximum Gasteiger partial charge on any atom is 0.0671 e. The van der Waals surface area contributed by atoms with Crippen LogP contribution in [0, 0.1) is 0 Å². The van der Waals surface area contributed by atoms with Gasteiger partial charge in [-0.2, -0.15) is 0 Å². The molecule has 0 unspecified atom stereocenters. The zero-order valence-corrected chi connectivity index (χ0v) is 7.61. The van der Waals surface area contributed by atoms with Crippen molar-refractivity contribution in [2.75, 3.05) is 6.54 Å². The molecule has 1 aromatic rings. The number of nitrogens with zero attached hydrogens (tertiary/aromatic N) is 1. The fourth-order valence-corrected chi connectivity index (χ4v) is 1.10. The predicted molar refractivity (Wildman–Crippen MR) is 56.3 cm³/mol. The van der Waals surface area contributed by atoms with Crippen molar-refractivity contribution in [3.8, 4) is 0 Å². The van der Waals surface area contributed by atoms with E-state index >= 15 is 0 Å². The summed E-state index contributed by atoms with van der Waals surface area (Å²) in [7, 11) is 0. The van der Waals surface area contributed by atoms with E-state index < -0.39 is 0 Å². The van der Waals surface area contributed by atoms with Gasteiger partial charge in [-0.3, -0.25) is 4.98 Å². The molecule has 0 radical (unpaired) electrons. The Kier molecular flexibility index (Phi) is 3.93. The summed E-state index contributed by atoms with van der Waals surface area (Å²) >= 11 is 0. The average Bonchev–Trinajstić information content (AvgIpc) is 2.17. The topological polar surface area (TPSA) is 38.9 Å². The van der Waals surface area contributed by atoms with E-state index in [1.807, 2.05) is 24.3 Å². The highest BCUT2D eigenvalue weighted by Gasteiger charge is 1.82. The summed E-state index contributed by atoms with van der Waals surface area (Å²) in [6.45, 7) is 4.18. The smallest absolute Gasteiger partial charge is 0.0671 e. The molecule has 0 aliphatic carbocycles. The van der Waals surface area contributed by atoms with Gasteiger partial charge in [0.1, 0.15) is 0 Å². The van der Waals surface area contributed by atoms with Gasteiger partial charge in [0.25, 0.3) is 0 Å². The second-order valence-electron chi connectivity index (χ2n) is 2.65. The standard InChI is InChI=1S/C11H14N2/c1-2-3-5-10-6-4-9-13-11(10)7-8-12/h2,4-7,9H,1,3,8,12H2/b10-5-,11-7+. The molecule has 68 valence electrons. The van der Waals surface area contributed by atoms with Crippen LogP contribution in [0.4, 0.5) is 0 Å². The summed E-state index contributed by atoms with van der Waals surface area (Å²) in [5, 5.41) is 2.07. The molecule has 1 rings (SSSR count). The van der Waals surface area contributed by atoms with Crippen LogP contribution in [0.25, 0.3) is 12.2 Å². The van der Waals surface area contributed by atoms with Crippen LogP contribution in [0.2, 0.25) is 0 Å². The van der Waals surface area contributed by atoms with Gasteiger partial charge in [-0.15, -0.1) is 6.58 Å². The zero-order chi connectivity index (χ0) is 9.52. The molecule has 0 fully saturated rings. The lowest BCUT2D eigenvalue weighted by molar-refractivity contribution is 1.18. The van der Waals surface area contributed by atoms with Crippen LogP contribution >= 0.6 is 0 Å². The normalized spacial score (nSPS) is 13.3. The largest absolute Gasteiger partial charge is 0.327 e. The number of nitrogens with two attached hydrogens (primary N) is 1. The summed E-state index contributed by atoms with van der Waals surface area (Å²) in [4.78, 5) is 4.22. The highest BCUT2D eigenvalue weighted by atomic mass is 14.6. The Morgan fingerprint density at radius 2 is 2.31 bits per heavy atom. The van der Waals surface area contributed by atoms with E-state index in [1.54, 1.807) is 6.20 Å². The van der Waals surface area contributed by atoms with Crippen LogP contribution in [0.3, 0.4) is 0 Å². The van der Waals surface area contributed by atoms with Crippen molar-refractivity contribution in [3.63, 3.8) is 0 Å². The van der Waals surface area contributed by atoms with Gasteiger partial charge in [-0.1, -0.05) is 18.2 Å². The van der Waals surface area contributed by atoms with Gasteiger partial charge >= 0.3 is 0 Å². The molecular formula is C11H14N2. The molecule has 2 N–H and O–H groups in total.